The Labute approximate surface area is 132 Å². The van der Waals surface area contributed by atoms with Crippen LogP contribution in [-0.2, 0) is 17.6 Å². The Morgan fingerprint density at radius 1 is 1.30 bits per heavy atom. The molecule has 7 heteroatoms. The topological polar surface area (TPSA) is 96.7 Å². The molecule has 7 nitrogen and oxygen atoms in total. The highest BCUT2D eigenvalue weighted by molar-refractivity contribution is 5.94. The number of amides is 1. The number of aromatic amines is 1. The lowest BCUT2D eigenvalue weighted by atomic mass is 9.88. The molecule has 1 aliphatic heterocycles. The van der Waals surface area contributed by atoms with Gasteiger partial charge in [-0.25, -0.2) is 0 Å². The molecule has 3 heterocycles. The van der Waals surface area contributed by atoms with Crippen molar-refractivity contribution in [1.82, 2.24) is 20.3 Å². The van der Waals surface area contributed by atoms with Gasteiger partial charge in [-0.05, 0) is 17.2 Å². The number of para-hydroxylation sites is 1. The number of nitrogens with zero attached hydrogens (tertiary/aromatic N) is 3. The lowest BCUT2D eigenvalue weighted by Gasteiger charge is -2.24. The van der Waals surface area contributed by atoms with Gasteiger partial charge in [-0.2, -0.15) is 10.1 Å². The molecule has 2 N–H and O–H groups in total. The fourth-order valence-electron chi connectivity index (χ4n) is 2.90. The third-order valence-electron chi connectivity index (χ3n) is 3.95. The van der Waals surface area contributed by atoms with Crippen molar-refractivity contribution >= 4 is 11.6 Å². The quantitative estimate of drug-likeness (QED) is 0.769. The summed E-state index contributed by atoms with van der Waals surface area (Å²) >= 11 is 0. The highest BCUT2D eigenvalue weighted by Gasteiger charge is 2.26. The van der Waals surface area contributed by atoms with Crippen LogP contribution in [-0.4, -0.2) is 26.2 Å². The highest BCUT2D eigenvalue weighted by Crippen LogP contribution is 2.34. The summed E-state index contributed by atoms with van der Waals surface area (Å²) in [5.74, 6) is 1.25. The predicted molar refractivity (Wildman–Crippen MR) is 81.8 cm³/mol. The largest absolute Gasteiger partial charge is 0.339 e. The monoisotopic (exact) mass is 309 g/mol. The van der Waals surface area contributed by atoms with Gasteiger partial charge in [0.25, 0.3) is 0 Å². The number of benzene rings is 1. The zero-order valence-electron chi connectivity index (χ0n) is 12.3. The number of hydrogen-bond acceptors (Lipinski definition) is 5. The average Bonchev–Trinajstić information content (AvgIpc) is 3.20. The van der Waals surface area contributed by atoms with Crippen LogP contribution in [0.4, 0.5) is 5.69 Å². The Kier molecular flexibility index (Phi) is 3.38. The lowest BCUT2D eigenvalue weighted by molar-refractivity contribution is -0.116. The molecule has 0 saturated carbocycles. The van der Waals surface area contributed by atoms with Gasteiger partial charge in [0.05, 0.1) is 6.20 Å². The molecule has 3 aromatic rings. The molecular weight excluding hydrogens is 294 g/mol. The van der Waals surface area contributed by atoms with E-state index in [-0.39, 0.29) is 11.8 Å². The number of nitrogens with one attached hydrogen (secondary N) is 2. The third kappa shape index (κ3) is 2.85. The van der Waals surface area contributed by atoms with Crippen molar-refractivity contribution < 1.29 is 9.32 Å². The van der Waals surface area contributed by atoms with Gasteiger partial charge < -0.3 is 9.84 Å². The van der Waals surface area contributed by atoms with Crippen molar-refractivity contribution in [3.8, 4) is 0 Å². The van der Waals surface area contributed by atoms with E-state index >= 15 is 0 Å². The second-order valence-corrected chi connectivity index (χ2v) is 5.63. The molecule has 1 atom stereocenters. The maximum atomic E-state index is 11.9. The first kappa shape index (κ1) is 13.7. The molecule has 23 heavy (non-hydrogen) atoms. The molecule has 0 fully saturated rings. The molecule has 116 valence electrons. The summed E-state index contributed by atoms with van der Waals surface area (Å²) in [4.78, 5) is 16.3. The third-order valence-corrected chi connectivity index (χ3v) is 3.95. The molecule has 0 radical (unpaired) electrons. The molecule has 0 saturated heterocycles. The van der Waals surface area contributed by atoms with E-state index in [2.05, 4.69) is 25.7 Å². The first-order valence-electron chi connectivity index (χ1n) is 7.46. The van der Waals surface area contributed by atoms with Crippen LogP contribution in [0.1, 0.15) is 35.2 Å². The second-order valence-electron chi connectivity index (χ2n) is 5.63. The number of H-pyrrole nitrogens is 1. The van der Waals surface area contributed by atoms with E-state index in [4.69, 9.17) is 4.52 Å². The van der Waals surface area contributed by atoms with E-state index in [0.717, 1.165) is 16.8 Å². The lowest BCUT2D eigenvalue weighted by Crippen LogP contribution is -2.24. The molecule has 1 amide bonds. The van der Waals surface area contributed by atoms with E-state index in [1.54, 1.807) is 12.4 Å². The SMILES string of the molecule is O=C1CC(Cc2nc(Cc3cn[nH]c3)no2)c2ccccc2N1. The van der Waals surface area contributed by atoms with Gasteiger partial charge in [-0.3, -0.25) is 9.89 Å². The minimum Gasteiger partial charge on any atom is -0.339 e. The summed E-state index contributed by atoms with van der Waals surface area (Å²) in [6, 6.07) is 7.83. The van der Waals surface area contributed by atoms with Crippen molar-refractivity contribution in [2.45, 2.75) is 25.2 Å². The maximum Gasteiger partial charge on any atom is 0.227 e. The van der Waals surface area contributed by atoms with E-state index in [1.807, 2.05) is 24.3 Å². The van der Waals surface area contributed by atoms with Crippen molar-refractivity contribution in [3.05, 3.63) is 59.5 Å². The maximum absolute atomic E-state index is 11.9. The normalized spacial score (nSPS) is 16.9. The van der Waals surface area contributed by atoms with Gasteiger partial charge >= 0.3 is 0 Å². The molecule has 4 rings (SSSR count). The van der Waals surface area contributed by atoms with Gasteiger partial charge in [0.15, 0.2) is 5.82 Å². The van der Waals surface area contributed by atoms with Crippen molar-refractivity contribution in [2.24, 2.45) is 0 Å². The first-order valence-corrected chi connectivity index (χ1v) is 7.46. The number of hydrogen-bond donors (Lipinski definition) is 2. The van der Waals surface area contributed by atoms with Crippen LogP contribution >= 0.6 is 0 Å². The number of anilines is 1. The second kappa shape index (κ2) is 5.68. The smallest absolute Gasteiger partial charge is 0.227 e. The first-order chi connectivity index (χ1) is 11.3. The standard InChI is InChI=1S/C16H15N5O2/c22-15-6-11(12-3-1-2-4-13(12)19-15)7-16-20-14(21-23-16)5-10-8-17-18-9-10/h1-4,8-9,11H,5-7H2,(H,17,18)(H,19,22). The Morgan fingerprint density at radius 2 is 2.22 bits per heavy atom. The summed E-state index contributed by atoms with van der Waals surface area (Å²) in [7, 11) is 0. The fourth-order valence-corrected chi connectivity index (χ4v) is 2.90. The van der Waals surface area contributed by atoms with Crippen LogP contribution < -0.4 is 5.32 Å². The van der Waals surface area contributed by atoms with Crippen molar-refractivity contribution in [1.29, 1.82) is 0 Å². The van der Waals surface area contributed by atoms with Crippen LogP contribution in [0.15, 0.2) is 41.2 Å². The summed E-state index contributed by atoms with van der Waals surface area (Å²) in [5, 5.41) is 13.6. The zero-order valence-corrected chi connectivity index (χ0v) is 12.3. The number of fused-ring (bicyclic) bond motifs is 1. The van der Waals surface area contributed by atoms with Crippen LogP contribution in [0.3, 0.4) is 0 Å². The van der Waals surface area contributed by atoms with Gasteiger partial charge in [-0.15, -0.1) is 0 Å². The number of carbonyl (C=O) groups excluding carboxylic acids is 1. The van der Waals surface area contributed by atoms with E-state index < -0.39 is 0 Å². The van der Waals surface area contributed by atoms with Crippen LogP contribution in [0.5, 0.6) is 0 Å². The Hall–Kier alpha value is -2.96. The number of carbonyl (C=O) groups is 1. The summed E-state index contributed by atoms with van der Waals surface area (Å²) in [6.45, 7) is 0. The van der Waals surface area contributed by atoms with E-state index in [0.29, 0.717) is 31.0 Å². The zero-order chi connectivity index (χ0) is 15.6. The Morgan fingerprint density at radius 3 is 3.09 bits per heavy atom. The molecule has 0 aliphatic carbocycles. The summed E-state index contributed by atoms with van der Waals surface area (Å²) < 4.78 is 5.34. The van der Waals surface area contributed by atoms with Crippen LogP contribution in [0.25, 0.3) is 0 Å². The van der Waals surface area contributed by atoms with Crippen molar-refractivity contribution in [2.75, 3.05) is 5.32 Å². The van der Waals surface area contributed by atoms with Crippen molar-refractivity contribution in [3.63, 3.8) is 0 Å². The Bertz CT molecular complexity index is 825. The number of rotatable bonds is 4. The molecule has 0 spiro atoms. The average molecular weight is 309 g/mol. The molecule has 0 bridgehead atoms. The van der Waals surface area contributed by atoms with E-state index in [1.165, 1.54) is 0 Å². The molecule has 2 aromatic heterocycles. The van der Waals surface area contributed by atoms with E-state index in [9.17, 15) is 4.79 Å². The van der Waals surface area contributed by atoms with Crippen LogP contribution in [0, 0.1) is 0 Å². The Balaban J connectivity index is 1.52. The molecular formula is C16H15N5O2. The fraction of sp³-hybridized carbons (Fsp3) is 0.250. The molecule has 1 aromatic carbocycles. The van der Waals surface area contributed by atoms with Crippen LogP contribution in [0.2, 0.25) is 0 Å². The minimum atomic E-state index is 0.0202. The summed E-state index contributed by atoms with van der Waals surface area (Å²) in [5.41, 5.74) is 2.98. The minimum absolute atomic E-state index is 0.0202. The highest BCUT2D eigenvalue weighted by atomic mass is 16.5. The predicted octanol–water partition coefficient (Wildman–Crippen LogP) is 2.05. The van der Waals surface area contributed by atoms with Gasteiger partial charge in [0.1, 0.15) is 0 Å². The number of aromatic nitrogens is 4. The van der Waals surface area contributed by atoms with Gasteiger partial charge in [0, 0.05) is 37.1 Å². The molecule has 1 aliphatic rings. The van der Waals surface area contributed by atoms with Gasteiger partial charge in [-0.1, -0.05) is 23.4 Å². The molecule has 1 unspecified atom stereocenters. The summed E-state index contributed by atoms with van der Waals surface area (Å²) in [6.07, 6.45) is 5.09. The van der Waals surface area contributed by atoms with Gasteiger partial charge in [0.2, 0.25) is 11.8 Å².